The molecule has 2 aromatic heterocycles. The molecule has 1 N–H and O–H groups in total. The Labute approximate surface area is 110 Å². The summed E-state index contributed by atoms with van der Waals surface area (Å²) in [7, 11) is 0. The standard InChI is InChI=1S/C13H13ClN2O2/c1-9-10(7-14)6-12(18-9)13(17)16-8-11-4-2-3-5-15-11/h2-6H,7-8H2,1H3,(H,16,17). The van der Waals surface area contributed by atoms with E-state index in [1.54, 1.807) is 19.2 Å². The molecular weight excluding hydrogens is 252 g/mol. The smallest absolute Gasteiger partial charge is 0.287 e. The molecule has 2 heterocycles. The molecule has 0 spiro atoms. The quantitative estimate of drug-likeness (QED) is 0.864. The molecule has 4 nitrogen and oxygen atoms in total. The Hall–Kier alpha value is -1.81. The van der Waals surface area contributed by atoms with Crippen molar-refractivity contribution in [2.24, 2.45) is 0 Å². The third-order valence-corrected chi connectivity index (χ3v) is 2.83. The lowest BCUT2D eigenvalue weighted by atomic mass is 10.3. The highest BCUT2D eigenvalue weighted by molar-refractivity contribution is 6.17. The Morgan fingerprint density at radius 1 is 1.50 bits per heavy atom. The summed E-state index contributed by atoms with van der Waals surface area (Å²) in [6.07, 6.45) is 1.68. The minimum atomic E-state index is -0.264. The number of halogens is 1. The molecular formula is C13H13ClN2O2. The molecule has 2 aromatic rings. The largest absolute Gasteiger partial charge is 0.456 e. The van der Waals surface area contributed by atoms with E-state index in [0.29, 0.717) is 18.2 Å². The van der Waals surface area contributed by atoms with Gasteiger partial charge < -0.3 is 9.73 Å². The number of alkyl halides is 1. The Balaban J connectivity index is 1.99. The van der Waals surface area contributed by atoms with Gasteiger partial charge in [-0.25, -0.2) is 0 Å². The third kappa shape index (κ3) is 2.90. The first kappa shape index (κ1) is 12.6. The summed E-state index contributed by atoms with van der Waals surface area (Å²) in [5.41, 5.74) is 1.63. The Morgan fingerprint density at radius 2 is 2.33 bits per heavy atom. The van der Waals surface area contributed by atoms with Gasteiger partial charge in [0.25, 0.3) is 5.91 Å². The number of aryl methyl sites for hydroxylation is 1. The first-order valence-electron chi connectivity index (χ1n) is 5.54. The van der Waals surface area contributed by atoms with Gasteiger partial charge in [0, 0.05) is 11.8 Å². The van der Waals surface area contributed by atoms with Gasteiger partial charge in [-0.05, 0) is 25.1 Å². The number of pyridine rings is 1. The van der Waals surface area contributed by atoms with E-state index < -0.39 is 0 Å². The zero-order valence-electron chi connectivity index (χ0n) is 9.94. The molecule has 0 fully saturated rings. The minimum Gasteiger partial charge on any atom is -0.456 e. The van der Waals surface area contributed by atoms with Crippen LogP contribution in [0.5, 0.6) is 0 Å². The van der Waals surface area contributed by atoms with Crippen LogP contribution in [-0.2, 0) is 12.4 Å². The number of carbonyl (C=O) groups excluding carboxylic acids is 1. The van der Waals surface area contributed by atoms with Crippen molar-refractivity contribution in [2.45, 2.75) is 19.3 Å². The summed E-state index contributed by atoms with van der Waals surface area (Å²) >= 11 is 5.72. The molecule has 2 rings (SSSR count). The second-order valence-electron chi connectivity index (χ2n) is 3.83. The summed E-state index contributed by atoms with van der Waals surface area (Å²) in [4.78, 5) is 15.9. The van der Waals surface area contributed by atoms with Crippen LogP contribution in [-0.4, -0.2) is 10.9 Å². The van der Waals surface area contributed by atoms with Gasteiger partial charge in [-0.2, -0.15) is 0 Å². The highest BCUT2D eigenvalue weighted by Crippen LogP contribution is 2.16. The highest BCUT2D eigenvalue weighted by Gasteiger charge is 2.13. The fraction of sp³-hybridized carbons (Fsp3) is 0.231. The predicted molar refractivity (Wildman–Crippen MR) is 68.4 cm³/mol. The third-order valence-electron chi connectivity index (χ3n) is 2.54. The lowest BCUT2D eigenvalue weighted by molar-refractivity contribution is 0.0921. The average molecular weight is 265 g/mol. The van der Waals surface area contributed by atoms with Crippen molar-refractivity contribution >= 4 is 17.5 Å². The van der Waals surface area contributed by atoms with Crippen LogP contribution in [0.2, 0.25) is 0 Å². The summed E-state index contributed by atoms with van der Waals surface area (Å²) in [5, 5.41) is 2.74. The molecule has 1 amide bonds. The molecule has 0 bridgehead atoms. The number of aromatic nitrogens is 1. The number of nitrogens with zero attached hydrogens (tertiary/aromatic N) is 1. The molecule has 0 aliphatic rings. The van der Waals surface area contributed by atoms with Crippen LogP contribution >= 0.6 is 11.6 Å². The summed E-state index contributed by atoms with van der Waals surface area (Å²) in [6.45, 7) is 2.16. The first-order chi connectivity index (χ1) is 8.70. The number of hydrogen-bond donors (Lipinski definition) is 1. The van der Waals surface area contributed by atoms with E-state index in [0.717, 1.165) is 11.3 Å². The first-order valence-corrected chi connectivity index (χ1v) is 6.07. The molecule has 0 atom stereocenters. The van der Waals surface area contributed by atoms with Gasteiger partial charge in [-0.3, -0.25) is 9.78 Å². The molecule has 94 valence electrons. The Bertz CT molecular complexity index is 537. The van der Waals surface area contributed by atoms with Gasteiger partial charge in [-0.15, -0.1) is 11.6 Å². The van der Waals surface area contributed by atoms with Crippen molar-refractivity contribution in [3.8, 4) is 0 Å². The van der Waals surface area contributed by atoms with E-state index >= 15 is 0 Å². The van der Waals surface area contributed by atoms with Gasteiger partial charge in [0.15, 0.2) is 5.76 Å². The maximum Gasteiger partial charge on any atom is 0.287 e. The van der Waals surface area contributed by atoms with Gasteiger partial charge in [0.05, 0.1) is 18.1 Å². The summed E-state index contributed by atoms with van der Waals surface area (Å²) in [6, 6.07) is 7.21. The second kappa shape index (κ2) is 5.69. The number of carbonyl (C=O) groups is 1. The monoisotopic (exact) mass is 264 g/mol. The maximum atomic E-state index is 11.8. The molecule has 0 saturated heterocycles. The van der Waals surface area contributed by atoms with E-state index in [4.69, 9.17) is 16.0 Å². The van der Waals surface area contributed by atoms with Gasteiger partial charge in [0.2, 0.25) is 0 Å². The van der Waals surface area contributed by atoms with Gasteiger partial charge in [0.1, 0.15) is 5.76 Å². The highest BCUT2D eigenvalue weighted by atomic mass is 35.5. The van der Waals surface area contributed by atoms with Crippen molar-refractivity contribution in [2.75, 3.05) is 0 Å². The molecule has 0 unspecified atom stereocenters. The lowest BCUT2D eigenvalue weighted by Gasteiger charge is -2.01. The van der Waals surface area contributed by atoms with Gasteiger partial charge >= 0.3 is 0 Å². The summed E-state index contributed by atoms with van der Waals surface area (Å²) in [5.74, 6) is 1.02. The number of nitrogens with one attached hydrogen (secondary N) is 1. The molecule has 18 heavy (non-hydrogen) atoms. The molecule has 0 aromatic carbocycles. The van der Waals surface area contributed by atoms with Crippen molar-refractivity contribution in [3.63, 3.8) is 0 Å². The molecule has 0 saturated carbocycles. The fourth-order valence-electron chi connectivity index (χ4n) is 1.53. The van der Waals surface area contributed by atoms with E-state index in [1.165, 1.54) is 0 Å². The van der Waals surface area contributed by atoms with Crippen LogP contribution in [0.15, 0.2) is 34.9 Å². The average Bonchev–Trinajstić information content (AvgIpc) is 2.78. The van der Waals surface area contributed by atoms with Crippen LogP contribution in [0.4, 0.5) is 0 Å². The number of amides is 1. The SMILES string of the molecule is Cc1oc(C(=O)NCc2ccccn2)cc1CCl. The number of rotatable bonds is 4. The maximum absolute atomic E-state index is 11.8. The second-order valence-corrected chi connectivity index (χ2v) is 4.10. The molecule has 0 aliphatic carbocycles. The van der Waals surface area contributed by atoms with Crippen molar-refractivity contribution < 1.29 is 9.21 Å². The van der Waals surface area contributed by atoms with Crippen LogP contribution in [0.3, 0.4) is 0 Å². The van der Waals surface area contributed by atoms with E-state index in [-0.39, 0.29) is 11.7 Å². The zero-order chi connectivity index (χ0) is 13.0. The molecule has 5 heteroatoms. The number of hydrogen-bond acceptors (Lipinski definition) is 3. The molecule has 0 radical (unpaired) electrons. The van der Waals surface area contributed by atoms with Crippen LogP contribution < -0.4 is 5.32 Å². The topological polar surface area (TPSA) is 55.1 Å². The van der Waals surface area contributed by atoms with Crippen LogP contribution in [0.1, 0.15) is 27.6 Å². The fourth-order valence-corrected chi connectivity index (χ4v) is 1.79. The zero-order valence-corrected chi connectivity index (χ0v) is 10.7. The number of furan rings is 1. The Morgan fingerprint density at radius 3 is 2.94 bits per heavy atom. The lowest BCUT2D eigenvalue weighted by Crippen LogP contribution is -2.22. The van der Waals surface area contributed by atoms with Crippen LogP contribution in [0, 0.1) is 6.92 Å². The van der Waals surface area contributed by atoms with Gasteiger partial charge in [-0.1, -0.05) is 6.07 Å². The normalized spacial score (nSPS) is 10.3. The summed E-state index contributed by atoms with van der Waals surface area (Å²) < 4.78 is 5.34. The van der Waals surface area contributed by atoms with Crippen molar-refractivity contribution in [3.05, 3.63) is 53.2 Å². The van der Waals surface area contributed by atoms with E-state index in [2.05, 4.69) is 10.3 Å². The molecule has 0 aliphatic heterocycles. The predicted octanol–water partition coefficient (Wildman–Crippen LogP) is 2.65. The minimum absolute atomic E-state index is 0.264. The van der Waals surface area contributed by atoms with E-state index in [1.807, 2.05) is 18.2 Å². The van der Waals surface area contributed by atoms with Crippen molar-refractivity contribution in [1.29, 1.82) is 0 Å². The van der Waals surface area contributed by atoms with Crippen molar-refractivity contribution in [1.82, 2.24) is 10.3 Å². The van der Waals surface area contributed by atoms with E-state index in [9.17, 15) is 4.79 Å². The van der Waals surface area contributed by atoms with Crippen LogP contribution in [0.25, 0.3) is 0 Å². The Kier molecular flexibility index (Phi) is 3.99.